The Morgan fingerprint density at radius 3 is 3.17 bits per heavy atom. The van der Waals surface area contributed by atoms with Crippen LogP contribution < -0.4 is 5.32 Å². The van der Waals surface area contributed by atoms with Crippen LogP contribution in [0.5, 0.6) is 0 Å². The molecule has 0 aromatic carbocycles. The largest absolute Gasteiger partial charge is 0.367 e. The lowest BCUT2D eigenvalue weighted by Crippen LogP contribution is -2.48. The molecular weight excluding hydrogens is 326 g/mol. The van der Waals surface area contributed by atoms with Gasteiger partial charge in [0.15, 0.2) is 0 Å². The molecule has 0 spiro atoms. The van der Waals surface area contributed by atoms with Gasteiger partial charge in [-0.2, -0.15) is 5.10 Å². The molecule has 0 aliphatic carbocycles. The first-order chi connectivity index (χ1) is 11.6. The normalized spacial score (nSPS) is 19.2. The molecule has 3 heterocycles. The molecule has 7 nitrogen and oxygen atoms in total. The van der Waals surface area contributed by atoms with Crippen molar-refractivity contribution >= 4 is 17.4 Å². The number of rotatable bonds is 5. The van der Waals surface area contributed by atoms with Crippen molar-refractivity contribution in [3.05, 3.63) is 34.5 Å². The number of nitrogens with zero attached hydrogens (tertiary/aromatic N) is 4. The van der Waals surface area contributed by atoms with E-state index in [0.29, 0.717) is 32.2 Å². The van der Waals surface area contributed by atoms with Gasteiger partial charge in [-0.05, 0) is 18.9 Å². The van der Waals surface area contributed by atoms with E-state index < -0.39 is 0 Å². The third kappa shape index (κ3) is 4.33. The number of aromatic nitrogens is 3. The van der Waals surface area contributed by atoms with E-state index in [1.165, 1.54) is 0 Å². The first-order valence-electron chi connectivity index (χ1n) is 8.15. The van der Waals surface area contributed by atoms with Gasteiger partial charge in [-0.1, -0.05) is 6.92 Å². The minimum atomic E-state index is -0.121. The second-order valence-corrected chi connectivity index (χ2v) is 7.04. The fraction of sp³-hybridized carbons (Fsp3) is 0.562. The molecule has 8 heteroatoms. The maximum absolute atomic E-state index is 12.4. The van der Waals surface area contributed by atoms with Crippen LogP contribution in [-0.4, -0.2) is 51.9 Å². The summed E-state index contributed by atoms with van der Waals surface area (Å²) in [5, 5.41) is 10.2. The molecule has 24 heavy (non-hydrogen) atoms. The second kappa shape index (κ2) is 7.76. The molecule has 3 rings (SSSR count). The highest BCUT2D eigenvalue weighted by molar-refractivity contribution is 7.09. The van der Waals surface area contributed by atoms with Gasteiger partial charge in [-0.3, -0.25) is 4.68 Å². The van der Waals surface area contributed by atoms with E-state index in [1.54, 1.807) is 17.5 Å². The summed E-state index contributed by atoms with van der Waals surface area (Å²) in [4.78, 5) is 18.7. The summed E-state index contributed by atoms with van der Waals surface area (Å²) in [6, 6.07) is 1.86. The van der Waals surface area contributed by atoms with Gasteiger partial charge in [0.1, 0.15) is 11.1 Å². The van der Waals surface area contributed by atoms with Crippen molar-refractivity contribution in [3.8, 4) is 0 Å². The number of thiazole rings is 1. The first kappa shape index (κ1) is 16.9. The number of hydrogen-bond acceptors (Lipinski definition) is 5. The van der Waals surface area contributed by atoms with Gasteiger partial charge >= 0.3 is 6.03 Å². The lowest BCUT2D eigenvalue weighted by molar-refractivity contribution is -0.0156. The first-order valence-corrected chi connectivity index (χ1v) is 9.03. The lowest BCUT2D eigenvalue weighted by atomic mass is 10.2. The highest BCUT2D eigenvalue weighted by atomic mass is 32.1. The molecule has 1 N–H and O–H groups in total. The van der Waals surface area contributed by atoms with Crippen LogP contribution in [0.1, 0.15) is 23.7 Å². The maximum Gasteiger partial charge on any atom is 0.317 e. The van der Waals surface area contributed by atoms with Crippen molar-refractivity contribution in [2.24, 2.45) is 5.92 Å². The monoisotopic (exact) mass is 349 g/mol. The van der Waals surface area contributed by atoms with Gasteiger partial charge in [-0.15, -0.1) is 11.3 Å². The predicted octanol–water partition coefficient (Wildman–Crippen LogP) is 2.07. The van der Waals surface area contributed by atoms with E-state index >= 15 is 0 Å². The quantitative estimate of drug-likeness (QED) is 0.897. The number of aryl methyl sites for hydroxylation is 1. The van der Waals surface area contributed by atoms with E-state index in [0.717, 1.165) is 17.2 Å². The van der Waals surface area contributed by atoms with Gasteiger partial charge in [0.05, 0.1) is 13.2 Å². The summed E-state index contributed by atoms with van der Waals surface area (Å²) in [5.74, 6) is 0.312. The fourth-order valence-corrected chi connectivity index (χ4v) is 3.50. The Bertz CT molecular complexity index is 657. The number of nitrogens with one attached hydrogen (secondary N) is 1. The Morgan fingerprint density at radius 1 is 1.58 bits per heavy atom. The van der Waals surface area contributed by atoms with E-state index in [4.69, 9.17) is 4.74 Å². The highest BCUT2D eigenvalue weighted by Crippen LogP contribution is 2.25. The zero-order valence-corrected chi connectivity index (χ0v) is 14.8. The summed E-state index contributed by atoms with van der Waals surface area (Å²) < 4.78 is 7.65. The number of morpholine rings is 1. The number of urea groups is 1. The molecular formula is C16H23N5O2S. The maximum atomic E-state index is 12.4. The number of carbonyl (C=O) groups excluding carboxylic acids is 1. The molecule has 1 aliphatic rings. The Balaban J connectivity index is 1.47. The smallest absolute Gasteiger partial charge is 0.317 e. The van der Waals surface area contributed by atoms with Gasteiger partial charge in [0, 0.05) is 43.1 Å². The summed E-state index contributed by atoms with van der Waals surface area (Å²) in [7, 11) is 0. The van der Waals surface area contributed by atoms with Crippen LogP contribution >= 0.6 is 11.3 Å². The van der Waals surface area contributed by atoms with E-state index in [-0.39, 0.29) is 12.1 Å². The molecule has 2 aromatic rings. The predicted molar refractivity (Wildman–Crippen MR) is 91.9 cm³/mol. The van der Waals surface area contributed by atoms with E-state index in [9.17, 15) is 4.79 Å². The number of carbonyl (C=O) groups is 1. The van der Waals surface area contributed by atoms with Gasteiger partial charge in [0.25, 0.3) is 0 Å². The third-order valence-electron chi connectivity index (χ3n) is 3.93. The van der Waals surface area contributed by atoms with E-state index in [1.807, 2.05) is 34.1 Å². The van der Waals surface area contributed by atoms with Crippen molar-refractivity contribution in [1.29, 1.82) is 0 Å². The van der Waals surface area contributed by atoms with Crippen LogP contribution in [0, 0.1) is 12.8 Å². The van der Waals surface area contributed by atoms with Crippen LogP contribution in [0.25, 0.3) is 0 Å². The highest BCUT2D eigenvalue weighted by Gasteiger charge is 2.27. The van der Waals surface area contributed by atoms with Crippen molar-refractivity contribution in [2.45, 2.75) is 26.5 Å². The minimum Gasteiger partial charge on any atom is -0.367 e. The van der Waals surface area contributed by atoms with Crippen molar-refractivity contribution in [1.82, 2.24) is 25.0 Å². The Labute approximate surface area is 145 Å². The number of hydrogen-bond donors (Lipinski definition) is 1. The molecule has 2 atom stereocenters. The average Bonchev–Trinajstić information content (AvgIpc) is 3.24. The Morgan fingerprint density at radius 2 is 2.46 bits per heavy atom. The summed E-state index contributed by atoms with van der Waals surface area (Å²) in [5.41, 5.74) is 0.993. The van der Waals surface area contributed by atoms with Gasteiger partial charge in [0.2, 0.25) is 0 Å². The van der Waals surface area contributed by atoms with Gasteiger partial charge in [-0.25, -0.2) is 9.78 Å². The number of amides is 2. The topological polar surface area (TPSA) is 72.3 Å². The van der Waals surface area contributed by atoms with Crippen LogP contribution in [0.15, 0.2) is 23.8 Å². The molecule has 130 valence electrons. The van der Waals surface area contributed by atoms with Crippen LogP contribution in [0.4, 0.5) is 4.79 Å². The molecule has 2 aromatic heterocycles. The molecule has 1 saturated heterocycles. The van der Waals surface area contributed by atoms with Crippen molar-refractivity contribution in [3.63, 3.8) is 0 Å². The van der Waals surface area contributed by atoms with E-state index in [2.05, 4.69) is 22.3 Å². The molecule has 2 amide bonds. The lowest BCUT2D eigenvalue weighted by Gasteiger charge is -2.32. The Kier molecular flexibility index (Phi) is 5.47. The summed E-state index contributed by atoms with van der Waals surface area (Å²) >= 11 is 1.59. The minimum absolute atomic E-state index is 0.0381. The SMILES string of the molecule is Cc1csc(C2CN(C(=O)NCC(C)Cn3cccn3)CCO2)n1. The van der Waals surface area contributed by atoms with Crippen LogP contribution in [-0.2, 0) is 11.3 Å². The summed E-state index contributed by atoms with van der Waals surface area (Å²) in [6.07, 6.45) is 3.57. The molecule has 0 saturated carbocycles. The Hall–Kier alpha value is -1.93. The van der Waals surface area contributed by atoms with Crippen molar-refractivity contribution < 1.29 is 9.53 Å². The summed E-state index contributed by atoms with van der Waals surface area (Å²) in [6.45, 7) is 7.18. The van der Waals surface area contributed by atoms with Crippen molar-refractivity contribution in [2.75, 3.05) is 26.2 Å². The fourth-order valence-electron chi connectivity index (χ4n) is 2.67. The zero-order valence-electron chi connectivity index (χ0n) is 14.0. The molecule has 0 bridgehead atoms. The third-order valence-corrected chi connectivity index (χ3v) is 4.98. The number of ether oxygens (including phenoxy) is 1. The molecule has 1 fully saturated rings. The van der Waals surface area contributed by atoms with Gasteiger partial charge < -0.3 is 15.0 Å². The standard InChI is InChI=1S/C16H23N5O2S/c1-12(9-21-5-3-4-18-21)8-17-16(22)20-6-7-23-14(10-20)15-19-13(2)11-24-15/h3-5,11-12,14H,6-10H2,1-2H3,(H,17,22). The second-order valence-electron chi connectivity index (χ2n) is 6.15. The van der Waals surface area contributed by atoms with Crippen LogP contribution in [0.3, 0.4) is 0 Å². The molecule has 1 aliphatic heterocycles. The molecule has 2 unspecified atom stereocenters. The average molecular weight is 349 g/mol. The van der Waals surface area contributed by atoms with Crippen LogP contribution in [0.2, 0.25) is 0 Å². The zero-order chi connectivity index (χ0) is 16.9. The molecule has 0 radical (unpaired) electrons.